The quantitative estimate of drug-likeness (QED) is 0.813. The number of aromatic nitrogens is 2. The molecule has 0 saturated heterocycles. The van der Waals surface area contributed by atoms with E-state index in [0.29, 0.717) is 24.0 Å². The second kappa shape index (κ2) is 4.13. The minimum Gasteiger partial charge on any atom is -0.476 e. The minimum atomic E-state index is -0.249. The van der Waals surface area contributed by atoms with Crippen molar-refractivity contribution in [1.82, 2.24) is 15.3 Å². The molecule has 0 saturated carbocycles. The van der Waals surface area contributed by atoms with Crippen molar-refractivity contribution in [3.05, 3.63) is 0 Å². The lowest BCUT2D eigenvalue weighted by atomic mass is 10.4. The molecular weight excluding hydrogens is 210 g/mol. The Morgan fingerprint density at radius 3 is 3.00 bits per heavy atom. The summed E-state index contributed by atoms with van der Waals surface area (Å²) in [5, 5.41) is 6.41. The number of carbonyl (C=O) groups excluding carboxylic acids is 1. The maximum atomic E-state index is 10.9. The van der Waals surface area contributed by atoms with Gasteiger partial charge >= 0.3 is 0 Å². The molecule has 7 nitrogen and oxygen atoms in total. The minimum absolute atomic E-state index is 0.170. The first-order valence-electron chi connectivity index (χ1n) is 4.76. The van der Waals surface area contributed by atoms with Crippen molar-refractivity contribution in [2.24, 2.45) is 4.99 Å². The van der Waals surface area contributed by atoms with Crippen LogP contribution in [0.5, 0.6) is 5.88 Å². The molecule has 1 amide bonds. The predicted molar refractivity (Wildman–Crippen MR) is 57.5 cm³/mol. The smallest absolute Gasteiger partial charge is 0.247 e. The Balaban J connectivity index is 2.37. The Bertz CT molecular complexity index is 457. The highest BCUT2D eigenvalue weighted by atomic mass is 16.5. The molecule has 7 heteroatoms. The molecule has 1 N–H and O–H groups in total. The standard InChI is InChI=1S/C9H10N5O2/c1-3-16-8-6-7(11-4-10-6)13-9(14-8)12-5(2)15/h4H,3H2,1-2H3,(H,12,13,14,15). The Labute approximate surface area is 92.0 Å². The van der Waals surface area contributed by atoms with E-state index < -0.39 is 0 Å². The van der Waals surface area contributed by atoms with Crippen LogP contribution in [0.1, 0.15) is 13.8 Å². The number of hydrogen-bond donors (Lipinski definition) is 1. The molecule has 1 aromatic rings. The van der Waals surface area contributed by atoms with Gasteiger partial charge in [0.1, 0.15) is 6.34 Å². The summed E-state index contributed by atoms with van der Waals surface area (Å²) in [5.74, 6) is 0.654. The summed E-state index contributed by atoms with van der Waals surface area (Å²) < 4.78 is 5.29. The van der Waals surface area contributed by atoms with E-state index in [1.165, 1.54) is 13.3 Å². The van der Waals surface area contributed by atoms with Crippen molar-refractivity contribution in [3.63, 3.8) is 0 Å². The van der Waals surface area contributed by atoms with E-state index in [2.05, 4.69) is 25.6 Å². The van der Waals surface area contributed by atoms with Crippen molar-refractivity contribution < 1.29 is 9.53 Å². The number of hydrogen-bond acceptors (Lipinski definition) is 5. The van der Waals surface area contributed by atoms with Gasteiger partial charge in [-0.2, -0.15) is 9.97 Å². The van der Waals surface area contributed by atoms with Crippen LogP contribution in [0.4, 0.5) is 17.5 Å². The van der Waals surface area contributed by atoms with Gasteiger partial charge < -0.3 is 4.74 Å². The first-order valence-corrected chi connectivity index (χ1v) is 4.76. The van der Waals surface area contributed by atoms with E-state index in [0.717, 1.165) is 0 Å². The molecule has 1 aromatic heterocycles. The van der Waals surface area contributed by atoms with Gasteiger partial charge in [0, 0.05) is 6.92 Å². The third kappa shape index (κ3) is 1.92. The van der Waals surface area contributed by atoms with Crippen molar-refractivity contribution in [2.75, 3.05) is 11.9 Å². The number of rotatable bonds is 3. The number of aliphatic imine (C=N–C) groups is 1. The maximum Gasteiger partial charge on any atom is 0.247 e. The summed E-state index contributed by atoms with van der Waals surface area (Å²) in [7, 11) is 0. The van der Waals surface area contributed by atoms with Gasteiger partial charge in [-0.25, -0.2) is 10.3 Å². The zero-order valence-corrected chi connectivity index (χ0v) is 8.89. The van der Waals surface area contributed by atoms with Crippen LogP contribution in [0.25, 0.3) is 0 Å². The van der Waals surface area contributed by atoms with E-state index in [1.54, 1.807) is 0 Å². The van der Waals surface area contributed by atoms with E-state index in [-0.39, 0.29) is 11.9 Å². The van der Waals surface area contributed by atoms with Gasteiger partial charge in [-0.15, -0.1) is 0 Å². The van der Waals surface area contributed by atoms with Crippen LogP contribution < -0.4 is 15.4 Å². The first-order chi connectivity index (χ1) is 7.70. The Morgan fingerprint density at radius 2 is 2.31 bits per heavy atom. The molecule has 1 aliphatic rings. The van der Waals surface area contributed by atoms with Crippen molar-refractivity contribution >= 4 is 29.7 Å². The molecule has 0 aliphatic carbocycles. The van der Waals surface area contributed by atoms with Crippen LogP contribution in [-0.4, -0.2) is 28.8 Å². The maximum absolute atomic E-state index is 10.9. The Kier molecular flexibility index (Phi) is 2.67. The van der Waals surface area contributed by atoms with E-state index in [9.17, 15) is 4.79 Å². The van der Waals surface area contributed by atoms with Gasteiger partial charge in [0.05, 0.1) is 6.61 Å². The van der Waals surface area contributed by atoms with Crippen molar-refractivity contribution in [3.8, 4) is 5.88 Å². The average Bonchev–Trinajstić information content (AvgIpc) is 2.65. The summed E-state index contributed by atoms with van der Waals surface area (Å²) in [5.41, 5.74) is 0.496. The molecule has 83 valence electrons. The highest BCUT2D eigenvalue weighted by Crippen LogP contribution is 2.35. The number of amides is 1. The molecule has 0 bridgehead atoms. The number of carbonyl (C=O) groups is 1. The molecule has 0 aromatic carbocycles. The second-order valence-corrected chi connectivity index (χ2v) is 3.01. The number of anilines is 1. The van der Waals surface area contributed by atoms with E-state index in [4.69, 9.17) is 4.74 Å². The number of nitrogens with zero attached hydrogens (tertiary/aromatic N) is 4. The third-order valence-electron chi connectivity index (χ3n) is 1.77. The van der Waals surface area contributed by atoms with Gasteiger partial charge in [-0.1, -0.05) is 0 Å². The largest absolute Gasteiger partial charge is 0.476 e. The fraction of sp³-hybridized carbons (Fsp3) is 0.333. The lowest BCUT2D eigenvalue weighted by Gasteiger charge is -2.07. The van der Waals surface area contributed by atoms with Gasteiger partial charge in [0.2, 0.25) is 17.7 Å². The van der Waals surface area contributed by atoms with Crippen LogP contribution >= 0.6 is 0 Å². The SMILES string of the molecule is CCOc1nc(NC(C)=O)nc2c1N=C[N]2. The molecule has 1 radical (unpaired) electrons. The summed E-state index contributed by atoms with van der Waals surface area (Å²) in [6.07, 6.45) is 1.37. The van der Waals surface area contributed by atoms with Gasteiger partial charge in [-0.05, 0) is 6.92 Å². The van der Waals surface area contributed by atoms with Crippen LogP contribution in [-0.2, 0) is 4.79 Å². The summed E-state index contributed by atoms with van der Waals surface area (Å²) in [6.45, 7) is 3.67. The summed E-state index contributed by atoms with van der Waals surface area (Å²) >= 11 is 0. The molecule has 2 heterocycles. The molecular formula is C9H10N5O2. The molecule has 0 spiro atoms. The molecule has 0 fully saturated rings. The summed E-state index contributed by atoms with van der Waals surface area (Å²) in [4.78, 5) is 22.9. The van der Waals surface area contributed by atoms with Gasteiger partial charge in [0.25, 0.3) is 0 Å². The van der Waals surface area contributed by atoms with Crippen molar-refractivity contribution in [2.45, 2.75) is 13.8 Å². The molecule has 2 rings (SSSR count). The van der Waals surface area contributed by atoms with E-state index >= 15 is 0 Å². The zero-order valence-electron chi connectivity index (χ0n) is 8.89. The number of nitrogens with one attached hydrogen (secondary N) is 1. The second-order valence-electron chi connectivity index (χ2n) is 3.01. The first kappa shape index (κ1) is 10.3. The monoisotopic (exact) mass is 220 g/mol. The Morgan fingerprint density at radius 1 is 1.50 bits per heavy atom. The van der Waals surface area contributed by atoms with Crippen LogP contribution in [0.15, 0.2) is 4.99 Å². The van der Waals surface area contributed by atoms with Crippen molar-refractivity contribution in [1.29, 1.82) is 0 Å². The molecule has 16 heavy (non-hydrogen) atoms. The average molecular weight is 220 g/mol. The number of fused-ring (bicyclic) bond motifs is 1. The van der Waals surface area contributed by atoms with Crippen LogP contribution in [0, 0.1) is 0 Å². The lowest BCUT2D eigenvalue weighted by molar-refractivity contribution is -0.114. The highest BCUT2D eigenvalue weighted by molar-refractivity contribution is 5.88. The van der Waals surface area contributed by atoms with Crippen LogP contribution in [0.2, 0.25) is 0 Å². The normalized spacial score (nSPS) is 11.9. The molecule has 0 atom stereocenters. The predicted octanol–water partition coefficient (Wildman–Crippen LogP) is 0.743. The van der Waals surface area contributed by atoms with Gasteiger partial charge in [0.15, 0.2) is 11.5 Å². The zero-order chi connectivity index (χ0) is 11.5. The third-order valence-corrected chi connectivity index (χ3v) is 1.77. The van der Waals surface area contributed by atoms with Gasteiger partial charge in [-0.3, -0.25) is 10.1 Å². The molecule has 1 aliphatic heterocycles. The fourth-order valence-corrected chi connectivity index (χ4v) is 1.22. The highest BCUT2D eigenvalue weighted by Gasteiger charge is 2.19. The van der Waals surface area contributed by atoms with Crippen LogP contribution in [0.3, 0.4) is 0 Å². The lowest BCUT2D eigenvalue weighted by Crippen LogP contribution is -2.10. The topological polar surface area (TPSA) is 90.6 Å². The fourth-order valence-electron chi connectivity index (χ4n) is 1.22. The number of ether oxygens (including phenoxy) is 1. The Hall–Kier alpha value is -2.18. The molecule has 0 unspecified atom stereocenters. The summed E-state index contributed by atoms with van der Waals surface area (Å²) in [6, 6.07) is 0. The van der Waals surface area contributed by atoms with E-state index in [1.807, 2.05) is 6.92 Å².